The van der Waals surface area contributed by atoms with Gasteiger partial charge in [0.15, 0.2) is 0 Å². The van der Waals surface area contributed by atoms with Crippen LogP contribution in [0, 0.1) is 0 Å². The van der Waals surface area contributed by atoms with E-state index in [1.165, 1.54) is 0 Å². The maximum absolute atomic E-state index is 5.45. The van der Waals surface area contributed by atoms with Gasteiger partial charge in [0.05, 0.1) is 19.8 Å². The Morgan fingerprint density at radius 1 is 1.38 bits per heavy atom. The van der Waals surface area contributed by atoms with Gasteiger partial charge in [-0.15, -0.1) is 0 Å². The number of aromatic amines is 1. The molecule has 3 aromatic heterocycles. The molecule has 0 radical (unpaired) electrons. The minimum atomic E-state index is -0.315. The zero-order valence-electron chi connectivity index (χ0n) is 11.5. The summed E-state index contributed by atoms with van der Waals surface area (Å²) in [5.41, 5.74) is 1.38. The molecule has 1 aliphatic rings. The second kappa shape index (κ2) is 4.64. The molecule has 3 aromatic rings. The smallest absolute Gasteiger partial charge is 0.240 e. The quantitative estimate of drug-likeness (QED) is 0.782. The Morgan fingerprint density at radius 3 is 3.05 bits per heavy atom. The lowest BCUT2D eigenvalue weighted by Gasteiger charge is -2.37. The van der Waals surface area contributed by atoms with E-state index in [1.54, 1.807) is 13.3 Å². The fourth-order valence-corrected chi connectivity index (χ4v) is 2.60. The van der Waals surface area contributed by atoms with E-state index in [0.29, 0.717) is 31.5 Å². The zero-order chi connectivity index (χ0) is 14.3. The van der Waals surface area contributed by atoms with Gasteiger partial charge in [-0.05, 0) is 12.1 Å². The third kappa shape index (κ3) is 1.85. The maximum atomic E-state index is 5.45. The van der Waals surface area contributed by atoms with E-state index in [-0.39, 0.29) is 5.41 Å². The highest BCUT2D eigenvalue weighted by atomic mass is 16.5. The summed E-state index contributed by atoms with van der Waals surface area (Å²) in [7, 11) is 1.66. The molecule has 1 aliphatic heterocycles. The fourth-order valence-electron chi connectivity index (χ4n) is 2.60. The van der Waals surface area contributed by atoms with E-state index in [4.69, 9.17) is 14.0 Å². The van der Waals surface area contributed by atoms with E-state index in [2.05, 4.69) is 20.1 Å². The van der Waals surface area contributed by atoms with Crippen molar-refractivity contribution in [2.24, 2.45) is 0 Å². The van der Waals surface area contributed by atoms with Gasteiger partial charge in [-0.25, -0.2) is 4.98 Å². The number of fused-ring (bicyclic) bond motifs is 1. The van der Waals surface area contributed by atoms with Gasteiger partial charge in [0, 0.05) is 30.5 Å². The number of ether oxygens (including phenoxy) is 2. The van der Waals surface area contributed by atoms with Gasteiger partial charge >= 0.3 is 0 Å². The van der Waals surface area contributed by atoms with Crippen LogP contribution in [0.15, 0.2) is 29.0 Å². The molecule has 0 aromatic carbocycles. The predicted molar refractivity (Wildman–Crippen MR) is 73.8 cm³/mol. The highest BCUT2D eigenvalue weighted by Gasteiger charge is 2.46. The van der Waals surface area contributed by atoms with Gasteiger partial charge in [0.1, 0.15) is 11.1 Å². The lowest BCUT2D eigenvalue weighted by Crippen LogP contribution is -2.50. The number of hydrogen-bond acceptors (Lipinski definition) is 6. The minimum Gasteiger partial charge on any atom is -0.383 e. The maximum Gasteiger partial charge on any atom is 0.240 e. The molecule has 108 valence electrons. The lowest BCUT2D eigenvalue weighted by atomic mass is 9.87. The van der Waals surface area contributed by atoms with Gasteiger partial charge in [0.2, 0.25) is 11.7 Å². The normalized spacial score (nSPS) is 17.0. The van der Waals surface area contributed by atoms with Crippen LogP contribution in [0.2, 0.25) is 0 Å². The lowest BCUT2D eigenvalue weighted by molar-refractivity contribution is -0.105. The molecular formula is C14H14N4O3. The van der Waals surface area contributed by atoms with Gasteiger partial charge in [-0.1, -0.05) is 5.16 Å². The van der Waals surface area contributed by atoms with Gasteiger partial charge in [0.25, 0.3) is 0 Å². The third-order valence-corrected chi connectivity index (χ3v) is 3.76. The summed E-state index contributed by atoms with van der Waals surface area (Å²) in [5.74, 6) is 1.12. The van der Waals surface area contributed by atoms with Crippen molar-refractivity contribution >= 4 is 11.0 Å². The first-order valence-corrected chi connectivity index (χ1v) is 6.66. The molecule has 7 nitrogen and oxygen atoms in total. The Balaban J connectivity index is 1.76. The van der Waals surface area contributed by atoms with Crippen molar-refractivity contribution < 1.29 is 14.0 Å². The van der Waals surface area contributed by atoms with Crippen LogP contribution in [0.1, 0.15) is 5.89 Å². The van der Waals surface area contributed by atoms with Crippen LogP contribution >= 0.6 is 0 Å². The Kier molecular flexibility index (Phi) is 2.76. The third-order valence-electron chi connectivity index (χ3n) is 3.76. The van der Waals surface area contributed by atoms with Crippen LogP contribution in [0.5, 0.6) is 0 Å². The SMILES string of the molecule is COCC1(c2nc(-c3ccnc4[nH]ccc34)no2)COC1. The molecule has 0 aliphatic carbocycles. The molecule has 0 atom stereocenters. The van der Waals surface area contributed by atoms with E-state index in [9.17, 15) is 0 Å². The number of pyridine rings is 1. The van der Waals surface area contributed by atoms with Crippen molar-refractivity contribution in [1.82, 2.24) is 20.1 Å². The summed E-state index contributed by atoms with van der Waals surface area (Å²) in [5, 5.41) is 5.08. The van der Waals surface area contributed by atoms with Crippen LogP contribution < -0.4 is 0 Å². The summed E-state index contributed by atoms with van der Waals surface area (Å²) < 4.78 is 16.0. The Labute approximate surface area is 120 Å². The van der Waals surface area contributed by atoms with Crippen molar-refractivity contribution in [1.29, 1.82) is 0 Å². The monoisotopic (exact) mass is 286 g/mol. The molecule has 0 spiro atoms. The van der Waals surface area contributed by atoms with Crippen molar-refractivity contribution in [3.63, 3.8) is 0 Å². The number of methoxy groups -OCH3 is 1. The van der Waals surface area contributed by atoms with Crippen LogP contribution in [-0.2, 0) is 14.9 Å². The average Bonchev–Trinajstić information content (AvgIpc) is 3.11. The number of rotatable bonds is 4. The van der Waals surface area contributed by atoms with Crippen LogP contribution in [-0.4, -0.2) is 47.0 Å². The highest BCUT2D eigenvalue weighted by Crippen LogP contribution is 2.33. The standard InChI is InChI=1S/C14H14N4O3/c1-19-6-14(7-20-8-14)13-17-12(18-21-13)10-3-5-16-11-9(10)2-4-15-11/h2-5H,6-8H2,1H3,(H,15,16). The van der Waals surface area contributed by atoms with Crippen molar-refractivity contribution in [3.05, 3.63) is 30.4 Å². The first-order chi connectivity index (χ1) is 10.3. The fraction of sp³-hybridized carbons (Fsp3) is 0.357. The largest absolute Gasteiger partial charge is 0.383 e. The molecule has 21 heavy (non-hydrogen) atoms. The van der Waals surface area contributed by atoms with E-state index in [0.717, 1.165) is 16.6 Å². The second-order valence-corrected chi connectivity index (χ2v) is 5.23. The summed E-state index contributed by atoms with van der Waals surface area (Å²) in [6.45, 7) is 1.58. The summed E-state index contributed by atoms with van der Waals surface area (Å²) in [6, 6.07) is 3.83. The molecular weight excluding hydrogens is 272 g/mol. The van der Waals surface area contributed by atoms with E-state index < -0.39 is 0 Å². The Bertz CT molecular complexity index is 775. The minimum absolute atomic E-state index is 0.315. The molecule has 1 N–H and O–H groups in total. The van der Waals surface area contributed by atoms with Crippen LogP contribution in [0.3, 0.4) is 0 Å². The number of nitrogens with one attached hydrogen (secondary N) is 1. The van der Waals surface area contributed by atoms with Crippen LogP contribution in [0.25, 0.3) is 22.4 Å². The summed E-state index contributed by atoms with van der Waals surface area (Å²) in [6.07, 6.45) is 3.57. The van der Waals surface area contributed by atoms with Crippen molar-refractivity contribution in [2.45, 2.75) is 5.41 Å². The van der Waals surface area contributed by atoms with Gasteiger partial charge < -0.3 is 19.0 Å². The predicted octanol–water partition coefficient (Wildman–Crippen LogP) is 1.53. The van der Waals surface area contributed by atoms with E-state index >= 15 is 0 Å². The molecule has 0 saturated carbocycles. The number of H-pyrrole nitrogens is 1. The van der Waals surface area contributed by atoms with Gasteiger partial charge in [-0.2, -0.15) is 4.98 Å². The molecule has 1 fully saturated rings. The second-order valence-electron chi connectivity index (χ2n) is 5.23. The van der Waals surface area contributed by atoms with Crippen molar-refractivity contribution in [2.75, 3.05) is 26.9 Å². The zero-order valence-corrected chi connectivity index (χ0v) is 11.5. The van der Waals surface area contributed by atoms with Crippen LogP contribution in [0.4, 0.5) is 0 Å². The number of aromatic nitrogens is 4. The molecule has 0 unspecified atom stereocenters. The van der Waals surface area contributed by atoms with Crippen molar-refractivity contribution in [3.8, 4) is 11.4 Å². The average molecular weight is 286 g/mol. The number of hydrogen-bond donors (Lipinski definition) is 1. The van der Waals surface area contributed by atoms with Gasteiger partial charge in [-0.3, -0.25) is 0 Å². The van der Waals surface area contributed by atoms with E-state index in [1.807, 2.05) is 18.3 Å². The Morgan fingerprint density at radius 2 is 2.29 bits per heavy atom. The molecule has 1 saturated heterocycles. The highest BCUT2D eigenvalue weighted by molar-refractivity contribution is 5.90. The Hall–Kier alpha value is -2.25. The molecule has 7 heteroatoms. The molecule has 0 bridgehead atoms. The summed E-state index contributed by atoms with van der Waals surface area (Å²) in [4.78, 5) is 11.9. The topological polar surface area (TPSA) is 86.1 Å². The number of nitrogens with zero attached hydrogens (tertiary/aromatic N) is 3. The molecule has 0 amide bonds. The summed E-state index contributed by atoms with van der Waals surface area (Å²) >= 11 is 0. The molecule has 4 rings (SSSR count). The first kappa shape index (κ1) is 12.5. The molecule has 4 heterocycles. The first-order valence-electron chi connectivity index (χ1n) is 6.66.